The van der Waals surface area contributed by atoms with Gasteiger partial charge in [0.2, 0.25) is 0 Å². The number of carboxylic acid groups (broad SMARTS) is 1. The molecule has 6 heteroatoms. The summed E-state index contributed by atoms with van der Waals surface area (Å²) in [6, 6.07) is 0. The van der Waals surface area contributed by atoms with Crippen LogP contribution in [0.25, 0.3) is 0 Å². The van der Waals surface area contributed by atoms with Crippen LogP contribution in [0.3, 0.4) is 0 Å². The first-order valence-electron chi connectivity index (χ1n) is 3.98. The molecule has 5 nitrogen and oxygen atoms in total. The van der Waals surface area contributed by atoms with E-state index in [9.17, 15) is 14.4 Å². The number of hydrogen-bond acceptors (Lipinski definition) is 4. The van der Waals surface area contributed by atoms with Gasteiger partial charge in [-0.3, -0.25) is 9.59 Å². The van der Waals surface area contributed by atoms with Gasteiger partial charge >= 0.3 is 41.5 Å². The van der Waals surface area contributed by atoms with Crippen molar-refractivity contribution in [2.24, 2.45) is 5.92 Å². The standard InChI is InChI=1S/C8H12O5.Na/c1-3-5(6(9)7(10)11)8(12)13-4-2;/h5H,3-4H2,1-2H3,(H,10,11);/q;+1. The van der Waals surface area contributed by atoms with Crippen molar-refractivity contribution in [3.05, 3.63) is 0 Å². The van der Waals surface area contributed by atoms with Crippen LogP contribution in [0.2, 0.25) is 0 Å². The second-order valence-corrected chi connectivity index (χ2v) is 2.38. The fraction of sp³-hybridized carbons (Fsp3) is 0.625. The Bertz CT molecular complexity index is 226. The molecular formula is C8H12NaO5+. The van der Waals surface area contributed by atoms with Gasteiger partial charge in [0.1, 0.15) is 5.92 Å². The van der Waals surface area contributed by atoms with Gasteiger partial charge in [0.15, 0.2) is 0 Å². The predicted molar refractivity (Wildman–Crippen MR) is 43.1 cm³/mol. The van der Waals surface area contributed by atoms with Crippen LogP contribution in [0.4, 0.5) is 0 Å². The maximum Gasteiger partial charge on any atom is 1.00 e. The van der Waals surface area contributed by atoms with E-state index in [1.54, 1.807) is 13.8 Å². The predicted octanol–water partition coefficient (Wildman–Crippen LogP) is -2.77. The Morgan fingerprint density at radius 1 is 1.29 bits per heavy atom. The second-order valence-electron chi connectivity index (χ2n) is 2.38. The normalized spacial score (nSPS) is 11.0. The maximum atomic E-state index is 11.0. The second kappa shape index (κ2) is 7.96. The monoisotopic (exact) mass is 211 g/mol. The number of carboxylic acids is 1. The largest absolute Gasteiger partial charge is 1.00 e. The van der Waals surface area contributed by atoms with Crippen molar-refractivity contribution in [2.75, 3.05) is 6.61 Å². The molecule has 1 atom stereocenters. The molecule has 0 aromatic heterocycles. The van der Waals surface area contributed by atoms with E-state index in [1.807, 2.05) is 0 Å². The molecule has 0 aromatic rings. The average molecular weight is 211 g/mol. The van der Waals surface area contributed by atoms with Gasteiger partial charge in [-0.25, -0.2) is 4.79 Å². The van der Waals surface area contributed by atoms with Crippen molar-refractivity contribution < 1.29 is 53.8 Å². The third-order valence-corrected chi connectivity index (χ3v) is 1.51. The molecule has 1 unspecified atom stereocenters. The van der Waals surface area contributed by atoms with Gasteiger partial charge < -0.3 is 9.84 Å². The summed E-state index contributed by atoms with van der Waals surface area (Å²) >= 11 is 0. The molecule has 0 rings (SSSR count). The SMILES string of the molecule is CCOC(=O)C(CC)C(=O)C(=O)O.[Na+]. The first-order valence-corrected chi connectivity index (χ1v) is 3.98. The van der Waals surface area contributed by atoms with Gasteiger partial charge in [-0.2, -0.15) is 0 Å². The van der Waals surface area contributed by atoms with E-state index in [0.717, 1.165) is 0 Å². The molecule has 1 N–H and O–H groups in total. The van der Waals surface area contributed by atoms with Gasteiger partial charge in [-0.15, -0.1) is 0 Å². The molecule has 0 saturated heterocycles. The molecule has 0 bridgehead atoms. The molecule has 0 saturated carbocycles. The molecule has 0 fully saturated rings. The van der Waals surface area contributed by atoms with Crippen LogP contribution in [0.1, 0.15) is 20.3 Å². The van der Waals surface area contributed by atoms with E-state index >= 15 is 0 Å². The van der Waals surface area contributed by atoms with Crippen LogP contribution in [0.5, 0.6) is 0 Å². The number of aliphatic carboxylic acids is 1. The fourth-order valence-corrected chi connectivity index (χ4v) is 0.851. The molecule has 0 aliphatic heterocycles. The fourth-order valence-electron chi connectivity index (χ4n) is 0.851. The van der Waals surface area contributed by atoms with Gasteiger partial charge in [-0.05, 0) is 13.3 Å². The van der Waals surface area contributed by atoms with Crippen molar-refractivity contribution in [3.63, 3.8) is 0 Å². The Balaban J connectivity index is 0. The first kappa shape index (κ1) is 16.1. The minimum absolute atomic E-state index is 0. The van der Waals surface area contributed by atoms with Crippen molar-refractivity contribution in [2.45, 2.75) is 20.3 Å². The number of Topliss-reactive ketones (excluding diaryl/α,β-unsaturated/α-hetero) is 1. The van der Waals surface area contributed by atoms with Crippen LogP contribution in [-0.2, 0) is 19.1 Å². The molecule has 0 heterocycles. The first-order chi connectivity index (χ1) is 6.04. The number of carbonyl (C=O) groups excluding carboxylic acids is 2. The van der Waals surface area contributed by atoms with Gasteiger partial charge in [0.25, 0.3) is 5.78 Å². The van der Waals surface area contributed by atoms with Crippen LogP contribution < -0.4 is 29.6 Å². The quantitative estimate of drug-likeness (QED) is 0.230. The zero-order valence-electron chi connectivity index (χ0n) is 8.57. The number of ketones is 1. The Morgan fingerprint density at radius 2 is 1.79 bits per heavy atom. The zero-order chi connectivity index (χ0) is 10.4. The molecule has 0 aliphatic rings. The summed E-state index contributed by atoms with van der Waals surface area (Å²) in [5.74, 6) is -4.64. The molecule has 0 aromatic carbocycles. The molecule has 74 valence electrons. The topological polar surface area (TPSA) is 80.7 Å². The summed E-state index contributed by atoms with van der Waals surface area (Å²) in [7, 11) is 0. The molecule has 0 radical (unpaired) electrons. The number of carbonyl (C=O) groups is 3. The Morgan fingerprint density at radius 3 is 2.07 bits per heavy atom. The van der Waals surface area contributed by atoms with Crippen molar-refractivity contribution >= 4 is 17.7 Å². The number of ether oxygens (including phenoxy) is 1. The number of hydrogen-bond donors (Lipinski definition) is 1. The van der Waals surface area contributed by atoms with E-state index in [1.165, 1.54) is 0 Å². The van der Waals surface area contributed by atoms with Crippen LogP contribution in [0, 0.1) is 5.92 Å². The van der Waals surface area contributed by atoms with E-state index < -0.39 is 23.6 Å². The van der Waals surface area contributed by atoms with E-state index in [4.69, 9.17) is 5.11 Å². The summed E-state index contributed by atoms with van der Waals surface area (Å²) in [5, 5.41) is 8.34. The minimum Gasteiger partial charge on any atom is -0.475 e. The Kier molecular flexibility index (Phi) is 9.13. The third-order valence-electron chi connectivity index (χ3n) is 1.51. The molecule has 0 amide bonds. The van der Waals surface area contributed by atoms with E-state index in [0.29, 0.717) is 0 Å². The van der Waals surface area contributed by atoms with E-state index in [2.05, 4.69) is 4.74 Å². The van der Waals surface area contributed by atoms with Crippen molar-refractivity contribution in [3.8, 4) is 0 Å². The smallest absolute Gasteiger partial charge is 0.475 e. The van der Waals surface area contributed by atoms with Crippen LogP contribution in [-0.4, -0.2) is 29.4 Å². The Hall–Kier alpha value is -0.390. The van der Waals surface area contributed by atoms with E-state index in [-0.39, 0.29) is 42.6 Å². The van der Waals surface area contributed by atoms with Crippen LogP contribution >= 0.6 is 0 Å². The molecular weight excluding hydrogens is 199 g/mol. The van der Waals surface area contributed by atoms with Gasteiger partial charge in [-0.1, -0.05) is 6.92 Å². The van der Waals surface area contributed by atoms with Crippen molar-refractivity contribution in [1.82, 2.24) is 0 Å². The number of rotatable bonds is 5. The Labute approximate surface area is 104 Å². The summed E-state index contributed by atoms with van der Waals surface area (Å²) in [6.45, 7) is 3.29. The number of esters is 1. The summed E-state index contributed by atoms with van der Waals surface area (Å²) < 4.78 is 4.54. The summed E-state index contributed by atoms with van der Waals surface area (Å²) in [6.07, 6.45) is 0.143. The molecule has 14 heavy (non-hydrogen) atoms. The van der Waals surface area contributed by atoms with Crippen LogP contribution in [0.15, 0.2) is 0 Å². The maximum absolute atomic E-state index is 11.0. The van der Waals surface area contributed by atoms with Gasteiger partial charge in [0.05, 0.1) is 6.61 Å². The summed E-state index contributed by atoms with van der Waals surface area (Å²) in [5.41, 5.74) is 0. The minimum atomic E-state index is -1.60. The summed E-state index contributed by atoms with van der Waals surface area (Å²) in [4.78, 5) is 32.2. The third kappa shape index (κ3) is 4.74. The van der Waals surface area contributed by atoms with Gasteiger partial charge in [0, 0.05) is 0 Å². The van der Waals surface area contributed by atoms with Crippen molar-refractivity contribution in [1.29, 1.82) is 0 Å². The molecule has 0 aliphatic carbocycles. The average Bonchev–Trinajstić information content (AvgIpc) is 2.05. The molecule has 0 spiro atoms. The zero-order valence-corrected chi connectivity index (χ0v) is 10.6.